The summed E-state index contributed by atoms with van der Waals surface area (Å²) in [5, 5.41) is 5.60. The van der Waals surface area contributed by atoms with Crippen LogP contribution in [0.1, 0.15) is 38.2 Å². The lowest BCUT2D eigenvalue weighted by Crippen LogP contribution is -2.52. The normalized spacial score (nSPS) is 17.4. The van der Waals surface area contributed by atoms with Crippen LogP contribution in [0.25, 0.3) is 11.3 Å². The Bertz CT molecular complexity index is 1460. The summed E-state index contributed by atoms with van der Waals surface area (Å²) in [6.45, 7) is 4.23. The molecule has 43 heavy (non-hydrogen) atoms. The van der Waals surface area contributed by atoms with Crippen LogP contribution in [0.3, 0.4) is 0 Å². The van der Waals surface area contributed by atoms with Crippen LogP contribution in [0.4, 0.5) is 13.2 Å². The van der Waals surface area contributed by atoms with Crippen molar-refractivity contribution in [1.29, 1.82) is 0 Å². The number of imidazole rings is 1. The van der Waals surface area contributed by atoms with Gasteiger partial charge in [0.1, 0.15) is 29.7 Å². The van der Waals surface area contributed by atoms with Gasteiger partial charge in [0.25, 0.3) is 5.91 Å². The molecule has 2 N–H and O–H groups in total. The van der Waals surface area contributed by atoms with Gasteiger partial charge in [-0.2, -0.15) is 0 Å². The molecule has 0 aliphatic carbocycles. The summed E-state index contributed by atoms with van der Waals surface area (Å²) in [6, 6.07) is 11.1. The summed E-state index contributed by atoms with van der Waals surface area (Å²) in [5.74, 6) is -3.61. The van der Waals surface area contributed by atoms with E-state index in [1.807, 2.05) is 30.3 Å². The molecule has 0 saturated carbocycles. The number of nitrogens with zero attached hydrogens (tertiary/aromatic N) is 3. The minimum absolute atomic E-state index is 0.0823. The van der Waals surface area contributed by atoms with Gasteiger partial charge in [-0.3, -0.25) is 14.4 Å². The molecule has 1 saturated heterocycles. The maximum absolute atomic E-state index is 15.0. The van der Waals surface area contributed by atoms with Crippen molar-refractivity contribution in [3.63, 3.8) is 0 Å². The van der Waals surface area contributed by atoms with Crippen molar-refractivity contribution in [2.45, 2.75) is 39.5 Å². The Morgan fingerprint density at radius 3 is 2.51 bits per heavy atom. The summed E-state index contributed by atoms with van der Waals surface area (Å²) in [4.78, 5) is 44.9. The second-order valence-electron chi connectivity index (χ2n) is 11.2. The van der Waals surface area contributed by atoms with Crippen molar-refractivity contribution >= 4 is 17.8 Å². The fraction of sp³-hybridized carbons (Fsp3) is 0.419. The molecule has 1 aromatic heterocycles. The lowest BCUT2D eigenvalue weighted by atomic mass is 9.81. The number of benzene rings is 2. The molecule has 1 aliphatic heterocycles. The van der Waals surface area contributed by atoms with E-state index in [9.17, 15) is 27.6 Å². The third-order valence-electron chi connectivity index (χ3n) is 7.67. The number of hydrogen-bond acceptors (Lipinski definition) is 6. The van der Waals surface area contributed by atoms with E-state index >= 15 is 0 Å². The number of alkyl halides is 1. The van der Waals surface area contributed by atoms with E-state index in [1.54, 1.807) is 18.4 Å². The topological polar surface area (TPSA) is 106 Å². The van der Waals surface area contributed by atoms with Crippen LogP contribution in [0.5, 0.6) is 0 Å². The maximum atomic E-state index is 15.0. The van der Waals surface area contributed by atoms with Crippen LogP contribution < -0.4 is 10.6 Å². The zero-order valence-corrected chi connectivity index (χ0v) is 24.6. The number of rotatable bonds is 11. The highest BCUT2D eigenvalue weighted by Crippen LogP contribution is 2.41. The fourth-order valence-corrected chi connectivity index (χ4v) is 5.41. The van der Waals surface area contributed by atoms with Gasteiger partial charge in [0.2, 0.25) is 5.91 Å². The predicted octanol–water partition coefficient (Wildman–Crippen LogP) is 3.64. The van der Waals surface area contributed by atoms with Gasteiger partial charge in [-0.05, 0) is 37.6 Å². The lowest BCUT2D eigenvalue weighted by Gasteiger charge is -2.41. The number of amides is 2. The van der Waals surface area contributed by atoms with E-state index in [0.717, 1.165) is 30.7 Å². The number of carbonyl (C=O) groups is 3. The molecule has 2 amide bonds. The summed E-state index contributed by atoms with van der Waals surface area (Å²) < 4.78 is 50.9. The number of nitrogens with one attached hydrogen (secondary N) is 2. The zero-order valence-electron chi connectivity index (χ0n) is 24.6. The number of halogens is 3. The first-order valence-electron chi connectivity index (χ1n) is 14.0. The number of hydrogen-bond donors (Lipinski definition) is 2. The highest BCUT2D eigenvalue weighted by atomic mass is 19.1. The molecule has 1 fully saturated rings. The van der Waals surface area contributed by atoms with E-state index < -0.39 is 59.6 Å². The third kappa shape index (κ3) is 7.24. The molecule has 0 bridgehead atoms. The molecule has 0 spiro atoms. The lowest BCUT2D eigenvalue weighted by molar-refractivity contribution is -0.155. The zero-order chi connectivity index (χ0) is 31.3. The molecule has 2 aromatic carbocycles. The van der Waals surface area contributed by atoms with Crippen LogP contribution in [0.2, 0.25) is 0 Å². The maximum Gasteiger partial charge on any atom is 0.303 e. The van der Waals surface area contributed by atoms with E-state index in [1.165, 1.54) is 18.1 Å². The first-order valence-corrected chi connectivity index (χ1v) is 14.0. The highest BCUT2D eigenvalue weighted by molar-refractivity contribution is 5.85. The SMILES string of the molecule is CNC(=O)C(C)(C)C(c1nc(-c2cc(F)ccc2F)cn1Cc1ccccc1)N(CC1CNCC1F)C(=O)COC(C)=O. The molecule has 3 atom stereocenters. The molecule has 3 unspecified atom stereocenters. The van der Waals surface area contributed by atoms with Gasteiger partial charge >= 0.3 is 5.97 Å². The van der Waals surface area contributed by atoms with E-state index in [4.69, 9.17) is 9.72 Å². The summed E-state index contributed by atoms with van der Waals surface area (Å²) in [6.07, 6.45) is 0.269. The Morgan fingerprint density at radius 1 is 1.16 bits per heavy atom. The number of aromatic nitrogens is 2. The molecular weight excluding hydrogens is 563 g/mol. The van der Waals surface area contributed by atoms with E-state index in [-0.39, 0.29) is 43.3 Å². The largest absolute Gasteiger partial charge is 0.456 e. The van der Waals surface area contributed by atoms with Crippen molar-refractivity contribution < 1.29 is 32.3 Å². The number of carbonyl (C=O) groups excluding carboxylic acids is 3. The van der Waals surface area contributed by atoms with Crippen LogP contribution in [0, 0.1) is 23.0 Å². The average Bonchev–Trinajstić information content (AvgIpc) is 3.57. The fourth-order valence-electron chi connectivity index (χ4n) is 5.41. The van der Waals surface area contributed by atoms with E-state index in [0.29, 0.717) is 0 Å². The summed E-state index contributed by atoms with van der Waals surface area (Å²) in [7, 11) is 1.45. The van der Waals surface area contributed by atoms with Crippen LogP contribution >= 0.6 is 0 Å². The molecule has 230 valence electrons. The molecule has 12 heteroatoms. The first kappa shape index (κ1) is 31.7. The van der Waals surface area contributed by atoms with Crippen LogP contribution in [-0.4, -0.2) is 71.7 Å². The Morgan fingerprint density at radius 2 is 1.88 bits per heavy atom. The molecule has 9 nitrogen and oxygen atoms in total. The standard InChI is InChI=1S/C31H36F3N5O4/c1-19(40)43-18-27(41)39(16-21-13-36-14-25(21)34)28(31(2,3)30(42)35-4)29-37-26(23-12-22(32)10-11-24(23)33)17-38(29)15-20-8-6-5-7-9-20/h5-12,17,21,25,28,36H,13-16,18H2,1-4H3,(H,35,42). The van der Waals surface area contributed by atoms with Gasteiger partial charge < -0.3 is 24.8 Å². The second kappa shape index (κ2) is 13.4. The van der Waals surface area contributed by atoms with Crippen molar-refractivity contribution in [2.75, 3.05) is 33.3 Å². The third-order valence-corrected chi connectivity index (χ3v) is 7.67. The monoisotopic (exact) mass is 599 g/mol. The van der Waals surface area contributed by atoms with Gasteiger partial charge in [-0.25, -0.2) is 18.2 Å². The summed E-state index contributed by atoms with van der Waals surface area (Å²) in [5.41, 5.74) is -0.564. The highest BCUT2D eigenvalue weighted by Gasteiger charge is 2.47. The van der Waals surface area contributed by atoms with Crippen molar-refractivity contribution in [1.82, 2.24) is 25.1 Å². The predicted molar refractivity (Wildman–Crippen MR) is 153 cm³/mol. The second-order valence-corrected chi connectivity index (χ2v) is 11.2. The van der Waals surface area contributed by atoms with Crippen molar-refractivity contribution in [3.8, 4) is 11.3 Å². The quantitative estimate of drug-likeness (QED) is 0.326. The number of ether oxygens (including phenoxy) is 1. The summed E-state index contributed by atoms with van der Waals surface area (Å²) >= 11 is 0. The molecule has 0 radical (unpaired) electrons. The van der Waals surface area contributed by atoms with Gasteiger partial charge in [0, 0.05) is 57.8 Å². The average molecular weight is 600 g/mol. The molecule has 2 heterocycles. The molecule has 3 aromatic rings. The van der Waals surface area contributed by atoms with Gasteiger partial charge in [-0.1, -0.05) is 30.3 Å². The van der Waals surface area contributed by atoms with Crippen LogP contribution in [-0.2, 0) is 25.7 Å². The minimum Gasteiger partial charge on any atom is -0.456 e. The molecular formula is C31H36F3N5O4. The molecule has 1 aliphatic rings. The Labute approximate surface area is 248 Å². The van der Waals surface area contributed by atoms with Crippen LogP contribution in [0.15, 0.2) is 54.7 Å². The Kier molecular flexibility index (Phi) is 9.90. The van der Waals surface area contributed by atoms with Crippen molar-refractivity contribution in [2.24, 2.45) is 11.3 Å². The number of esters is 1. The smallest absolute Gasteiger partial charge is 0.303 e. The Hall–Kier alpha value is -4.19. The van der Waals surface area contributed by atoms with Gasteiger partial charge in [0.15, 0.2) is 6.61 Å². The van der Waals surface area contributed by atoms with Gasteiger partial charge in [0.05, 0.1) is 11.1 Å². The van der Waals surface area contributed by atoms with Gasteiger partial charge in [-0.15, -0.1) is 0 Å². The minimum atomic E-state index is -1.38. The van der Waals surface area contributed by atoms with E-state index in [2.05, 4.69) is 10.6 Å². The van der Waals surface area contributed by atoms with Crippen molar-refractivity contribution in [3.05, 3.63) is 77.8 Å². The Balaban J connectivity index is 1.94. The first-order chi connectivity index (χ1) is 20.4. The molecule has 4 rings (SSSR count).